The Morgan fingerprint density at radius 2 is 1.84 bits per heavy atom. The lowest BCUT2D eigenvalue weighted by Gasteiger charge is -2.09. The van der Waals surface area contributed by atoms with Gasteiger partial charge in [0, 0.05) is 23.6 Å². The van der Waals surface area contributed by atoms with Gasteiger partial charge in [-0.25, -0.2) is 9.50 Å². The number of thioether (sulfide) groups is 1. The van der Waals surface area contributed by atoms with E-state index in [0.717, 1.165) is 44.9 Å². The average molecular weight is 439 g/mol. The van der Waals surface area contributed by atoms with Gasteiger partial charge in [-0.15, -0.1) is 0 Å². The highest BCUT2D eigenvalue weighted by Crippen LogP contribution is 2.30. The summed E-state index contributed by atoms with van der Waals surface area (Å²) in [6.45, 7) is 2.08. The number of rotatable bonds is 6. The molecule has 158 valence electrons. The van der Waals surface area contributed by atoms with Crippen molar-refractivity contribution < 1.29 is 4.79 Å². The Kier molecular flexibility index (Phi) is 5.60. The minimum atomic E-state index is -0.0477. The molecule has 5 nitrogen and oxygen atoms in total. The van der Waals surface area contributed by atoms with Crippen LogP contribution in [0, 0.1) is 0 Å². The van der Waals surface area contributed by atoms with Crippen molar-refractivity contribution in [2.24, 2.45) is 0 Å². The number of anilines is 1. The van der Waals surface area contributed by atoms with E-state index in [9.17, 15) is 4.79 Å². The van der Waals surface area contributed by atoms with E-state index in [1.165, 1.54) is 17.1 Å². The Hall–Kier alpha value is -3.64. The van der Waals surface area contributed by atoms with Crippen LogP contribution in [-0.4, -0.2) is 26.3 Å². The van der Waals surface area contributed by atoms with Crippen molar-refractivity contribution in [2.45, 2.75) is 18.4 Å². The lowest BCUT2D eigenvalue weighted by Crippen LogP contribution is -2.15. The summed E-state index contributed by atoms with van der Waals surface area (Å²) in [4.78, 5) is 17.1. The highest BCUT2D eigenvalue weighted by molar-refractivity contribution is 8.00. The largest absolute Gasteiger partial charge is 0.325 e. The Morgan fingerprint density at radius 1 is 1.03 bits per heavy atom. The molecule has 32 heavy (non-hydrogen) atoms. The van der Waals surface area contributed by atoms with Gasteiger partial charge in [0.25, 0.3) is 0 Å². The molecular formula is C26H22N4OS. The van der Waals surface area contributed by atoms with E-state index < -0.39 is 0 Å². The predicted molar refractivity (Wildman–Crippen MR) is 131 cm³/mol. The quantitative estimate of drug-likeness (QED) is 0.338. The van der Waals surface area contributed by atoms with E-state index in [1.807, 2.05) is 59.2 Å². The number of hydrogen-bond donors (Lipinski definition) is 1. The van der Waals surface area contributed by atoms with Gasteiger partial charge in [-0.05, 0) is 34.9 Å². The number of amides is 1. The number of carbonyl (C=O) groups excluding carboxylic acids is 1. The van der Waals surface area contributed by atoms with Crippen molar-refractivity contribution in [3.05, 3.63) is 90.8 Å². The van der Waals surface area contributed by atoms with Crippen molar-refractivity contribution in [2.75, 3.05) is 11.1 Å². The summed E-state index contributed by atoms with van der Waals surface area (Å²) in [6, 6.07) is 24.5. The summed E-state index contributed by atoms with van der Waals surface area (Å²) < 4.78 is 1.83. The molecule has 5 rings (SSSR count). The zero-order valence-electron chi connectivity index (χ0n) is 17.7. The first kappa shape index (κ1) is 20.3. The molecule has 2 aromatic heterocycles. The predicted octanol–water partition coefficient (Wildman–Crippen LogP) is 5.84. The van der Waals surface area contributed by atoms with Gasteiger partial charge >= 0.3 is 0 Å². The fourth-order valence-electron chi connectivity index (χ4n) is 3.86. The third-order valence-electron chi connectivity index (χ3n) is 5.43. The molecule has 6 heteroatoms. The van der Waals surface area contributed by atoms with Gasteiger partial charge in [-0.3, -0.25) is 4.79 Å². The van der Waals surface area contributed by atoms with Crippen LogP contribution in [0.5, 0.6) is 0 Å². The number of nitrogens with zero attached hydrogens (tertiary/aromatic N) is 3. The zero-order chi connectivity index (χ0) is 21.9. The molecule has 0 fully saturated rings. The van der Waals surface area contributed by atoms with Gasteiger partial charge in [0.05, 0.1) is 17.0 Å². The molecule has 0 saturated heterocycles. The number of aromatic nitrogens is 3. The first-order valence-corrected chi connectivity index (χ1v) is 11.5. The first-order chi connectivity index (χ1) is 15.7. The molecule has 0 saturated carbocycles. The second-order valence-electron chi connectivity index (χ2n) is 7.47. The third kappa shape index (κ3) is 3.97. The van der Waals surface area contributed by atoms with Crippen molar-refractivity contribution in [1.82, 2.24) is 14.6 Å². The zero-order valence-corrected chi connectivity index (χ0v) is 18.5. The number of carbonyl (C=O) groups is 1. The van der Waals surface area contributed by atoms with Crippen molar-refractivity contribution in [3.8, 4) is 11.3 Å². The second-order valence-corrected chi connectivity index (χ2v) is 8.43. The lowest BCUT2D eigenvalue weighted by molar-refractivity contribution is -0.113. The molecule has 2 heterocycles. The van der Waals surface area contributed by atoms with E-state index >= 15 is 0 Å². The van der Waals surface area contributed by atoms with E-state index in [0.29, 0.717) is 0 Å². The number of fused-ring (bicyclic) bond motifs is 2. The van der Waals surface area contributed by atoms with Crippen LogP contribution < -0.4 is 5.32 Å². The van der Waals surface area contributed by atoms with Gasteiger partial charge in [0.15, 0.2) is 0 Å². The molecule has 1 N–H and O–H groups in total. The topological polar surface area (TPSA) is 59.3 Å². The van der Waals surface area contributed by atoms with Crippen LogP contribution in [0.15, 0.2) is 90.2 Å². The summed E-state index contributed by atoms with van der Waals surface area (Å²) in [6.07, 6.45) is 4.43. The van der Waals surface area contributed by atoms with E-state index in [1.54, 1.807) is 6.20 Å². The summed E-state index contributed by atoms with van der Waals surface area (Å²) in [5.74, 6) is 0.230. The SMILES string of the molecule is CCc1ccccc1NC(=O)CSc1nccn2nc(-c3cccc4ccccc34)cc12. The van der Waals surface area contributed by atoms with E-state index in [2.05, 4.69) is 41.5 Å². The highest BCUT2D eigenvalue weighted by atomic mass is 32.2. The summed E-state index contributed by atoms with van der Waals surface area (Å²) >= 11 is 1.42. The highest BCUT2D eigenvalue weighted by Gasteiger charge is 2.13. The van der Waals surface area contributed by atoms with Crippen molar-refractivity contribution >= 4 is 39.6 Å². The Morgan fingerprint density at radius 3 is 2.75 bits per heavy atom. The summed E-state index contributed by atoms with van der Waals surface area (Å²) in [7, 11) is 0. The number of para-hydroxylation sites is 1. The lowest BCUT2D eigenvalue weighted by atomic mass is 10.0. The van der Waals surface area contributed by atoms with Crippen LogP contribution in [0.3, 0.4) is 0 Å². The molecule has 1 amide bonds. The van der Waals surface area contributed by atoms with Crippen LogP contribution >= 0.6 is 11.8 Å². The van der Waals surface area contributed by atoms with Gasteiger partial charge in [0.1, 0.15) is 5.03 Å². The third-order valence-corrected chi connectivity index (χ3v) is 6.43. The number of aryl methyl sites for hydroxylation is 1. The monoisotopic (exact) mass is 438 g/mol. The summed E-state index contributed by atoms with van der Waals surface area (Å²) in [5.41, 5.74) is 4.85. The number of hydrogen-bond acceptors (Lipinski definition) is 4. The van der Waals surface area contributed by atoms with E-state index in [4.69, 9.17) is 5.10 Å². The fraction of sp³-hybridized carbons (Fsp3) is 0.115. The molecule has 0 spiro atoms. The van der Waals surface area contributed by atoms with Gasteiger partial charge in [0.2, 0.25) is 5.91 Å². The fourth-order valence-corrected chi connectivity index (χ4v) is 4.64. The van der Waals surface area contributed by atoms with Crippen LogP contribution in [0.1, 0.15) is 12.5 Å². The molecule has 0 aliphatic carbocycles. The Labute approximate surface area is 190 Å². The molecule has 0 unspecified atom stereocenters. The molecular weight excluding hydrogens is 416 g/mol. The smallest absolute Gasteiger partial charge is 0.234 e. The molecule has 0 aliphatic heterocycles. The van der Waals surface area contributed by atoms with Gasteiger partial charge in [-0.1, -0.05) is 79.3 Å². The minimum absolute atomic E-state index is 0.0477. The van der Waals surface area contributed by atoms with Crippen molar-refractivity contribution in [1.29, 1.82) is 0 Å². The maximum absolute atomic E-state index is 12.6. The maximum Gasteiger partial charge on any atom is 0.234 e. The average Bonchev–Trinajstić information content (AvgIpc) is 3.27. The van der Waals surface area contributed by atoms with Crippen LogP contribution in [0.4, 0.5) is 5.69 Å². The Bertz CT molecular complexity index is 1420. The minimum Gasteiger partial charge on any atom is -0.325 e. The van der Waals surface area contributed by atoms with Crippen LogP contribution in [0.2, 0.25) is 0 Å². The molecule has 5 aromatic rings. The number of benzene rings is 3. The second kappa shape index (κ2) is 8.85. The maximum atomic E-state index is 12.6. The first-order valence-electron chi connectivity index (χ1n) is 10.6. The molecule has 0 bridgehead atoms. The van der Waals surface area contributed by atoms with Gasteiger partial charge < -0.3 is 5.32 Å². The summed E-state index contributed by atoms with van der Waals surface area (Å²) in [5, 5.41) is 10.9. The van der Waals surface area contributed by atoms with E-state index in [-0.39, 0.29) is 11.7 Å². The molecule has 0 atom stereocenters. The van der Waals surface area contributed by atoms with Crippen molar-refractivity contribution in [3.63, 3.8) is 0 Å². The Balaban J connectivity index is 1.40. The van der Waals surface area contributed by atoms with Gasteiger partial charge in [-0.2, -0.15) is 5.10 Å². The normalized spacial score (nSPS) is 11.2. The van der Waals surface area contributed by atoms with Crippen LogP contribution in [0.25, 0.3) is 27.5 Å². The van der Waals surface area contributed by atoms with Crippen LogP contribution in [-0.2, 0) is 11.2 Å². The molecule has 0 radical (unpaired) electrons. The standard InChI is InChI=1S/C26H22N4OS/c1-2-18-8-4-6-13-22(18)28-25(31)17-32-26-24-16-23(29-30(24)15-14-27-26)21-12-7-10-19-9-3-5-11-20(19)21/h3-16H,2,17H2,1H3,(H,28,31). The molecule has 0 aliphatic rings. The molecule has 3 aromatic carbocycles. The number of nitrogens with one attached hydrogen (secondary N) is 1.